The Morgan fingerprint density at radius 1 is 1.52 bits per heavy atom. The maximum Gasteiger partial charge on any atom is 0.262 e. The molecule has 6 heteroatoms. The lowest BCUT2D eigenvalue weighted by molar-refractivity contribution is -0.118. The SMILES string of the molecule is C[C@H](CCn1cccn1)Nc1ccc2c(c1)OCC(=O)N2. The molecule has 1 aromatic heterocycles. The van der Waals surface area contributed by atoms with Crippen molar-refractivity contribution in [3.8, 4) is 5.75 Å². The smallest absolute Gasteiger partial charge is 0.262 e. The summed E-state index contributed by atoms with van der Waals surface area (Å²) in [4.78, 5) is 11.2. The Bertz CT molecular complexity index is 625. The van der Waals surface area contributed by atoms with Gasteiger partial charge in [0.05, 0.1) is 5.69 Å². The standard InChI is InChI=1S/C15H18N4O2/c1-11(5-8-19-7-2-6-16-19)17-12-3-4-13-14(9-12)21-10-15(20)18-13/h2-4,6-7,9,11,17H,5,8,10H2,1H3,(H,18,20)/t11-/m1/s1. The number of anilines is 2. The molecule has 110 valence electrons. The summed E-state index contributed by atoms with van der Waals surface area (Å²) in [5.74, 6) is 0.592. The van der Waals surface area contributed by atoms with Crippen LogP contribution >= 0.6 is 0 Å². The summed E-state index contributed by atoms with van der Waals surface area (Å²) in [7, 11) is 0. The fraction of sp³-hybridized carbons (Fsp3) is 0.333. The monoisotopic (exact) mass is 286 g/mol. The van der Waals surface area contributed by atoms with Crippen molar-refractivity contribution in [1.82, 2.24) is 9.78 Å². The molecule has 1 atom stereocenters. The van der Waals surface area contributed by atoms with Gasteiger partial charge in [0.2, 0.25) is 0 Å². The van der Waals surface area contributed by atoms with Crippen LogP contribution in [0.5, 0.6) is 5.75 Å². The van der Waals surface area contributed by atoms with Gasteiger partial charge in [-0.2, -0.15) is 5.10 Å². The molecule has 21 heavy (non-hydrogen) atoms. The third-order valence-corrected chi connectivity index (χ3v) is 3.38. The number of aryl methyl sites for hydroxylation is 1. The van der Waals surface area contributed by atoms with Gasteiger partial charge in [0, 0.05) is 36.7 Å². The number of carbonyl (C=O) groups is 1. The average Bonchev–Trinajstić information content (AvgIpc) is 2.99. The van der Waals surface area contributed by atoms with E-state index in [1.807, 2.05) is 35.1 Å². The summed E-state index contributed by atoms with van der Waals surface area (Å²) in [5, 5.41) is 10.4. The van der Waals surface area contributed by atoms with Crippen LogP contribution in [-0.4, -0.2) is 28.3 Å². The van der Waals surface area contributed by atoms with Crippen molar-refractivity contribution < 1.29 is 9.53 Å². The molecular formula is C15H18N4O2. The zero-order valence-electron chi connectivity index (χ0n) is 11.9. The maximum atomic E-state index is 11.2. The van der Waals surface area contributed by atoms with Crippen LogP contribution < -0.4 is 15.4 Å². The highest BCUT2D eigenvalue weighted by Gasteiger charge is 2.16. The summed E-state index contributed by atoms with van der Waals surface area (Å²) in [6.07, 6.45) is 4.71. The van der Waals surface area contributed by atoms with Gasteiger partial charge in [-0.25, -0.2) is 0 Å². The van der Waals surface area contributed by atoms with E-state index in [1.165, 1.54) is 0 Å². The van der Waals surface area contributed by atoms with Gasteiger partial charge in [-0.05, 0) is 31.5 Å². The largest absolute Gasteiger partial charge is 0.482 e. The predicted octanol–water partition coefficient (Wildman–Crippen LogP) is 2.10. The Hall–Kier alpha value is -2.50. The van der Waals surface area contributed by atoms with Crippen molar-refractivity contribution in [3.05, 3.63) is 36.7 Å². The number of amides is 1. The van der Waals surface area contributed by atoms with Crippen LogP contribution in [0.4, 0.5) is 11.4 Å². The van der Waals surface area contributed by atoms with E-state index in [9.17, 15) is 4.79 Å². The number of nitrogens with one attached hydrogen (secondary N) is 2. The van der Waals surface area contributed by atoms with E-state index < -0.39 is 0 Å². The number of fused-ring (bicyclic) bond motifs is 1. The van der Waals surface area contributed by atoms with E-state index in [0.717, 1.165) is 24.3 Å². The van der Waals surface area contributed by atoms with E-state index in [2.05, 4.69) is 22.7 Å². The molecule has 0 fully saturated rings. The molecule has 6 nitrogen and oxygen atoms in total. The first-order chi connectivity index (χ1) is 10.2. The zero-order chi connectivity index (χ0) is 14.7. The van der Waals surface area contributed by atoms with E-state index in [-0.39, 0.29) is 12.5 Å². The van der Waals surface area contributed by atoms with Crippen LogP contribution in [0.2, 0.25) is 0 Å². The average molecular weight is 286 g/mol. The van der Waals surface area contributed by atoms with Gasteiger partial charge in [-0.1, -0.05) is 0 Å². The lowest BCUT2D eigenvalue weighted by Gasteiger charge is -2.20. The minimum Gasteiger partial charge on any atom is -0.482 e. The van der Waals surface area contributed by atoms with Crippen molar-refractivity contribution in [2.75, 3.05) is 17.2 Å². The second-order valence-electron chi connectivity index (χ2n) is 5.15. The molecule has 0 saturated carbocycles. The number of hydrogen-bond donors (Lipinski definition) is 2. The lowest BCUT2D eigenvalue weighted by atomic mass is 10.2. The molecule has 1 aliphatic heterocycles. The molecule has 0 unspecified atom stereocenters. The van der Waals surface area contributed by atoms with Crippen molar-refractivity contribution in [2.45, 2.75) is 25.9 Å². The Kier molecular flexibility index (Phi) is 3.77. The number of nitrogens with zero attached hydrogens (tertiary/aromatic N) is 2. The lowest BCUT2D eigenvalue weighted by Crippen LogP contribution is -2.25. The third kappa shape index (κ3) is 3.34. The van der Waals surface area contributed by atoms with Gasteiger partial charge in [0.25, 0.3) is 5.91 Å². The fourth-order valence-electron chi connectivity index (χ4n) is 2.28. The molecule has 1 aliphatic rings. The van der Waals surface area contributed by atoms with Crippen LogP contribution in [0, 0.1) is 0 Å². The van der Waals surface area contributed by atoms with Crippen LogP contribution in [0.25, 0.3) is 0 Å². The second kappa shape index (κ2) is 5.87. The molecule has 2 heterocycles. The van der Waals surface area contributed by atoms with Crippen molar-refractivity contribution in [2.24, 2.45) is 0 Å². The Labute approximate surface area is 123 Å². The first-order valence-electron chi connectivity index (χ1n) is 7.01. The molecule has 2 N–H and O–H groups in total. The molecule has 0 aliphatic carbocycles. The van der Waals surface area contributed by atoms with Gasteiger partial charge in [-0.15, -0.1) is 0 Å². The third-order valence-electron chi connectivity index (χ3n) is 3.38. The number of aromatic nitrogens is 2. The summed E-state index contributed by atoms with van der Waals surface area (Å²) < 4.78 is 7.33. The molecule has 2 aromatic rings. The Morgan fingerprint density at radius 2 is 2.43 bits per heavy atom. The summed E-state index contributed by atoms with van der Waals surface area (Å²) >= 11 is 0. The number of rotatable bonds is 5. The van der Waals surface area contributed by atoms with Crippen LogP contribution in [0.1, 0.15) is 13.3 Å². The number of ether oxygens (including phenoxy) is 1. The molecule has 1 aromatic carbocycles. The van der Waals surface area contributed by atoms with Crippen molar-refractivity contribution in [1.29, 1.82) is 0 Å². The molecule has 3 rings (SSSR count). The molecule has 0 spiro atoms. The Morgan fingerprint density at radius 3 is 3.24 bits per heavy atom. The minimum absolute atomic E-state index is 0.0747. The van der Waals surface area contributed by atoms with E-state index in [0.29, 0.717) is 11.8 Å². The highest BCUT2D eigenvalue weighted by Crippen LogP contribution is 2.30. The van der Waals surface area contributed by atoms with E-state index in [4.69, 9.17) is 4.74 Å². The molecule has 0 saturated heterocycles. The predicted molar refractivity (Wildman–Crippen MR) is 80.5 cm³/mol. The van der Waals surface area contributed by atoms with Crippen molar-refractivity contribution >= 4 is 17.3 Å². The Balaban J connectivity index is 1.58. The fourth-order valence-corrected chi connectivity index (χ4v) is 2.28. The summed E-state index contributed by atoms with van der Waals surface area (Å²) in [6.45, 7) is 3.08. The topological polar surface area (TPSA) is 68.2 Å². The van der Waals surface area contributed by atoms with Gasteiger partial charge < -0.3 is 15.4 Å². The number of hydrogen-bond acceptors (Lipinski definition) is 4. The van der Waals surface area contributed by atoms with Gasteiger partial charge >= 0.3 is 0 Å². The molecule has 0 radical (unpaired) electrons. The van der Waals surface area contributed by atoms with Crippen molar-refractivity contribution in [3.63, 3.8) is 0 Å². The van der Waals surface area contributed by atoms with Crippen LogP contribution in [-0.2, 0) is 11.3 Å². The first-order valence-corrected chi connectivity index (χ1v) is 7.01. The molecular weight excluding hydrogens is 268 g/mol. The maximum absolute atomic E-state index is 11.2. The van der Waals surface area contributed by atoms with Gasteiger partial charge in [0.15, 0.2) is 6.61 Å². The summed E-state index contributed by atoms with van der Waals surface area (Å²) in [6, 6.07) is 7.95. The second-order valence-corrected chi connectivity index (χ2v) is 5.15. The van der Waals surface area contributed by atoms with Gasteiger partial charge in [-0.3, -0.25) is 9.48 Å². The highest BCUT2D eigenvalue weighted by atomic mass is 16.5. The first kappa shape index (κ1) is 13.5. The zero-order valence-corrected chi connectivity index (χ0v) is 11.9. The van der Waals surface area contributed by atoms with Crippen LogP contribution in [0.3, 0.4) is 0 Å². The summed E-state index contributed by atoms with van der Waals surface area (Å²) in [5.41, 5.74) is 1.71. The molecule has 0 bridgehead atoms. The highest BCUT2D eigenvalue weighted by molar-refractivity contribution is 5.95. The van der Waals surface area contributed by atoms with Gasteiger partial charge in [0.1, 0.15) is 5.75 Å². The quantitative estimate of drug-likeness (QED) is 0.883. The minimum atomic E-state index is -0.115. The molecule has 1 amide bonds. The van der Waals surface area contributed by atoms with E-state index >= 15 is 0 Å². The van der Waals surface area contributed by atoms with E-state index in [1.54, 1.807) is 6.20 Å². The number of carbonyl (C=O) groups excluding carboxylic acids is 1. The number of benzene rings is 1. The van der Waals surface area contributed by atoms with Crippen LogP contribution in [0.15, 0.2) is 36.7 Å². The normalized spacial score (nSPS) is 14.8.